The molecule has 0 N–H and O–H groups in total. The second kappa shape index (κ2) is 7.81. The maximum atomic E-state index is 11.9. The Balaban J connectivity index is 1.64. The van der Waals surface area contributed by atoms with Crippen LogP contribution in [0.2, 0.25) is 0 Å². The average Bonchev–Trinajstić information content (AvgIpc) is 2.40. The van der Waals surface area contributed by atoms with Gasteiger partial charge in [-0.15, -0.1) is 0 Å². The molecule has 0 saturated heterocycles. The van der Waals surface area contributed by atoms with Crippen LogP contribution < -0.4 is 0 Å². The third-order valence-corrected chi connectivity index (χ3v) is 4.88. The van der Waals surface area contributed by atoms with Crippen molar-refractivity contribution >= 4 is 11.6 Å². The Morgan fingerprint density at radius 1 is 0.632 bits per heavy atom. The topological polar surface area (TPSA) is 34.1 Å². The van der Waals surface area contributed by atoms with E-state index in [4.69, 9.17) is 0 Å². The smallest absolute Gasteiger partial charge is 0.140 e. The van der Waals surface area contributed by atoms with Gasteiger partial charge in [0, 0.05) is 12.8 Å². The standard InChI is InChI=1S/C17H28O2/c18-16(11-14-7-3-1-4-8-14)13-17(19)12-15-9-5-2-6-10-15/h14-15H,1-13H2. The van der Waals surface area contributed by atoms with Crippen LogP contribution in [0.4, 0.5) is 0 Å². The normalized spacial score (nSPS) is 22.3. The van der Waals surface area contributed by atoms with E-state index in [-0.39, 0.29) is 18.0 Å². The van der Waals surface area contributed by atoms with Crippen LogP contribution in [0, 0.1) is 11.8 Å². The molecule has 0 radical (unpaired) electrons. The lowest BCUT2D eigenvalue weighted by molar-refractivity contribution is -0.128. The van der Waals surface area contributed by atoms with Gasteiger partial charge in [0.25, 0.3) is 0 Å². The van der Waals surface area contributed by atoms with Gasteiger partial charge in [-0.25, -0.2) is 0 Å². The molecule has 2 aliphatic rings. The van der Waals surface area contributed by atoms with Crippen LogP contribution in [0.15, 0.2) is 0 Å². The molecular formula is C17H28O2. The largest absolute Gasteiger partial charge is 0.299 e. The summed E-state index contributed by atoms with van der Waals surface area (Å²) in [5.41, 5.74) is 0. The molecule has 2 rings (SSSR count). The average molecular weight is 264 g/mol. The molecule has 2 heteroatoms. The third kappa shape index (κ3) is 5.46. The van der Waals surface area contributed by atoms with Crippen LogP contribution in [0.5, 0.6) is 0 Å². The van der Waals surface area contributed by atoms with Gasteiger partial charge in [-0.3, -0.25) is 9.59 Å². The number of hydrogen-bond donors (Lipinski definition) is 0. The summed E-state index contributed by atoms with van der Waals surface area (Å²) in [4.78, 5) is 23.9. The van der Waals surface area contributed by atoms with E-state index in [0.29, 0.717) is 24.7 Å². The van der Waals surface area contributed by atoms with Crippen molar-refractivity contribution in [2.45, 2.75) is 83.5 Å². The van der Waals surface area contributed by atoms with Crippen molar-refractivity contribution in [3.05, 3.63) is 0 Å². The highest BCUT2D eigenvalue weighted by Crippen LogP contribution is 2.28. The maximum Gasteiger partial charge on any atom is 0.140 e. The number of hydrogen-bond acceptors (Lipinski definition) is 2. The van der Waals surface area contributed by atoms with E-state index < -0.39 is 0 Å². The van der Waals surface area contributed by atoms with Crippen molar-refractivity contribution in [1.29, 1.82) is 0 Å². The zero-order valence-corrected chi connectivity index (χ0v) is 12.2. The van der Waals surface area contributed by atoms with Gasteiger partial charge in [0.2, 0.25) is 0 Å². The molecule has 0 spiro atoms. The molecule has 2 saturated carbocycles. The molecule has 2 aliphatic carbocycles. The number of Topliss-reactive ketones (excluding diaryl/α,β-unsaturated/α-hetero) is 2. The molecular weight excluding hydrogens is 236 g/mol. The minimum atomic E-state index is 0.202. The van der Waals surface area contributed by atoms with Crippen LogP contribution in [0.3, 0.4) is 0 Å². The number of carbonyl (C=O) groups excluding carboxylic acids is 2. The Morgan fingerprint density at radius 2 is 1.00 bits per heavy atom. The molecule has 0 atom stereocenters. The lowest BCUT2D eigenvalue weighted by Crippen LogP contribution is -2.17. The summed E-state index contributed by atoms with van der Waals surface area (Å²) < 4.78 is 0. The highest BCUT2D eigenvalue weighted by molar-refractivity contribution is 5.99. The fourth-order valence-electron chi connectivity index (χ4n) is 3.79. The first-order valence-electron chi connectivity index (χ1n) is 8.27. The van der Waals surface area contributed by atoms with Gasteiger partial charge >= 0.3 is 0 Å². The molecule has 0 aromatic rings. The van der Waals surface area contributed by atoms with E-state index in [2.05, 4.69) is 0 Å². The van der Waals surface area contributed by atoms with E-state index in [1.54, 1.807) is 0 Å². The molecule has 0 unspecified atom stereocenters. The van der Waals surface area contributed by atoms with E-state index in [1.165, 1.54) is 64.2 Å². The van der Waals surface area contributed by atoms with Crippen molar-refractivity contribution in [2.75, 3.05) is 0 Å². The first kappa shape index (κ1) is 14.7. The van der Waals surface area contributed by atoms with Gasteiger partial charge in [0.05, 0.1) is 6.42 Å². The zero-order chi connectivity index (χ0) is 13.5. The third-order valence-electron chi connectivity index (χ3n) is 4.88. The summed E-state index contributed by atoms with van der Waals surface area (Å²) in [7, 11) is 0. The second-order valence-electron chi connectivity index (χ2n) is 6.67. The first-order valence-corrected chi connectivity index (χ1v) is 8.27. The SMILES string of the molecule is O=C(CC(=O)CC1CCCCC1)CC1CCCCC1. The Morgan fingerprint density at radius 3 is 1.37 bits per heavy atom. The first-order chi connectivity index (χ1) is 9.24. The lowest BCUT2D eigenvalue weighted by Gasteiger charge is -2.22. The van der Waals surface area contributed by atoms with Gasteiger partial charge in [-0.1, -0.05) is 64.2 Å². The van der Waals surface area contributed by atoms with Gasteiger partial charge in [-0.05, 0) is 11.8 Å². The molecule has 0 bridgehead atoms. The van der Waals surface area contributed by atoms with E-state index in [0.717, 1.165) is 0 Å². The second-order valence-corrected chi connectivity index (χ2v) is 6.67. The minimum absolute atomic E-state index is 0.202. The summed E-state index contributed by atoms with van der Waals surface area (Å²) >= 11 is 0. The van der Waals surface area contributed by atoms with Crippen LogP contribution in [0.25, 0.3) is 0 Å². The molecule has 19 heavy (non-hydrogen) atoms. The van der Waals surface area contributed by atoms with Crippen LogP contribution >= 0.6 is 0 Å². The monoisotopic (exact) mass is 264 g/mol. The molecule has 0 amide bonds. The molecule has 2 nitrogen and oxygen atoms in total. The lowest BCUT2D eigenvalue weighted by atomic mass is 9.83. The summed E-state index contributed by atoms with van der Waals surface area (Å²) in [6.45, 7) is 0. The fraction of sp³-hybridized carbons (Fsp3) is 0.882. The number of carbonyl (C=O) groups is 2. The van der Waals surface area contributed by atoms with Gasteiger partial charge in [-0.2, -0.15) is 0 Å². The molecule has 108 valence electrons. The van der Waals surface area contributed by atoms with Crippen LogP contribution in [-0.4, -0.2) is 11.6 Å². The number of rotatable bonds is 6. The summed E-state index contributed by atoms with van der Waals surface area (Å²) in [6.07, 6.45) is 14.1. The van der Waals surface area contributed by atoms with Gasteiger partial charge < -0.3 is 0 Å². The van der Waals surface area contributed by atoms with Crippen molar-refractivity contribution in [3.8, 4) is 0 Å². The summed E-state index contributed by atoms with van der Waals surface area (Å²) in [5.74, 6) is 1.55. The predicted molar refractivity (Wildman–Crippen MR) is 77.0 cm³/mol. The van der Waals surface area contributed by atoms with Crippen LogP contribution in [-0.2, 0) is 9.59 Å². The van der Waals surface area contributed by atoms with Crippen molar-refractivity contribution in [1.82, 2.24) is 0 Å². The van der Waals surface area contributed by atoms with E-state index in [9.17, 15) is 9.59 Å². The Labute approximate surface area is 117 Å². The van der Waals surface area contributed by atoms with E-state index in [1.807, 2.05) is 0 Å². The van der Waals surface area contributed by atoms with Crippen molar-refractivity contribution in [2.24, 2.45) is 11.8 Å². The van der Waals surface area contributed by atoms with Crippen molar-refractivity contribution < 1.29 is 9.59 Å². The molecule has 0 aromatic heterocycles. The fourth-order valence-corrected chi connectivity index (χ4v) is 3.79. The van der Waals surface area contributed by atoms with Crippen molar-refractivity contribution in [3.63, 3.8) is 0 Å². The summed E-state index contributed by atoms with van der Waals surface area (Å²) in [6, 6.07) is 0. The highest BCUT2D eigenvalue weighted by atomic mass is 16.1. The maximum absolute atomic E-state index is 11.9. The highest BCUT2D eigenvalue weighted by Gasteiger charge is 2.21. The molecule has 2 fully saturated rings. The van der Waals surface area contributed by atoms with Gasteiger partial charge in [0.1, 0.15) is 11.6 Å². The predicted octanol–water partition coefficient (Wildman–Crippen LogP) is 4.46. The van der Waals surface area contributed by atoms with Gasteiger partial charge in [0.15, 0.2) is 0 Å². The van der Waals surface area contributed by atoms with Crippen LogP contribution in [0.1, 0.15) is 83.5 Å². The Hall–Kier alpha value is -0.660. The molecule has 0 heterocycles. The Bertz CT molecular complexity index is 266. The summed E-state index contributed by atoms with van der Waals surface area (Å²) in [5, 5.41) is 0. The Kier molecular flexibility index (Phi) is 6.06. The molecule has 0 aromatic carbocycles. The minimum Gasteiger partial charge on any atom is -0.299 e. The van der Waals surface area contributed by atoms with E-state index >= 15 is 0 Å². The quantitative estimate of drug-likeness (QED) is 0.664. The number of ketones is 2. The molecule has 0 aliphatic heterocycles. The zero-order valence-electron chi connectivity index (χ0n) is 12.2.